The van der Waals surface area contributed by atoms with Gasteiger partial charge in [-0.15, -0.1) is 0 Å². The van der Waals surface area contributed by atoms with E-state index >= 15 is 0 Å². The highest BCUT2D eigenvalue weighted by molar-refractivity contribution is 5.94. The number of benzene rings is 1. The Kier molecular flexibility index (Phi) is 2.96. The molecular formula is C14H19N3O. The van der Waals surface area contributed by atoms with E-state index in [0.717, 1.165) is 38.2 Å². The van der Waals surface area contributed by atoms with Gasteiger partial charge in [-0.3, -0.25) is 4.90 Å². The van der Waals surface area contributed by atoms with Gasteiger partial charge < -0.3 is 10.2 Å². The van der Waals surface area contributed by atoms with Gasteiger partial charge in [0.1, 0.15) is 0 Å². The van der Waals surface area contributed by atoms with Crippen LogP contribution in [0.25, 0.3) is 0 Å². The third-order valence-corrected chi connectivity index (χ3v) is 3.98. The SMILES string of the molecule is CN1C(=O)N(C2CCNCC2)Cc2ccccc21. The Morgan fingerprint density at radius 3 is 2.72 bits per heavy atom. The number of carbonyl (C=O) groups excluding carboxylic acids is 1. The molecule has 1 N–H and O–H groups in total. The third kappa shape index (κ3) is 1.86. The molecule has 0 spiro atoms. The molecular weight excluding hydrogens is 226 g/mol. The van der Waals surface area contributed by atoms with Crippen molar-refractivity contribution in [2.45, 2.75) is 25.4 Å². The molecule has 0 bridgehead atoms. The van der Waals surface area contributed by atoms with E-state index in [1.807, 2.05) is 30.1 Å². The van der Waals surface area contributed by atoms with E-state index < -0.39 is 0 Å². The first-order valence-electron chi connectivity index (χ1n) is 6.60. The second kappa shape index (κ2) is 4.61. The van der Waals surface area contributed by atoms with Crippen molar-refractivity contribution in [1.29, 1.82) is 0 Å². The summed E-state index contributed by atoms with van der Waals surface area (Å²) in [6.45, 7) is 2.78. The lowest BCUT2D eigenvalue weighted by atomic mass is 10.0. The zero-order chi connectivity index (χ0) is 12.5. The Morgan fingerprint density at radius 2 is 1.94 bits per heavy atom. The van der Waals surface area contributed by atoms with E-state index in [9.17, 15) is 4.79 Å². The standard InChI is InChI=1S/C14H19N3O/c1-16-13-5-3-2-4-11(13)10-17(14(16)18)12-6-8-15-9-7-12/h2-5,12,15H,6-10H2,1H3. The second-order valence-electron chi connectivity index (χ2n) is 5.08. The zero-order valence-corrected chi connectivity index (χ0v) is 10.7. The van der Waals surface area contributed by atoms with Crippen LogP contribution in [0.2, 0.25) is 0 Å². The van der Waals surface area contributed by atoms with Gasteiger partial charge in [-0.05, 0) is 37.6 Å². The van der Waals surface area contributed by atoms with Crippen molar-refractivity contribution < 1.29 is 4.79 Å². The average Bonchev–Trinajstić information content (AvgIpc) is 2.44. The van der Waals surface area contributed by atoms with Gasteiger partial charge >= 0.3 is 6.03 Å². The van der Waals surface area contributed by atoms with E-state index in [2.05, 4.69) is 11.4 Å². The fourth-order valence-electron chi connectivity index (χ4n) is 2.92. The molecule has 0 atom stereocenters. The van der Waals surface area contributed by atoms with Crippen LogP contribution >= 0.6 is 0 Å². The van der Waals surface area contributed by atoms with E-state index in [1.165, 1.54) is 5.56 Å². The van der Waals surface area contributed by atoms with Crippen LogP contribution in [0, 0.1) is 0 Å². The first-order valence-corrected chi connectivity index (χ1v) is 6.60. The summed E-state index contributed by atoms with van der Waals surface area (Å²) in [6, 6.07) is 8.70. The lowest BCUT2D eigenvalue weighted by molar-refractivity contribution is 0.157. The van der Waals surface area contributed by atoms with Crippen LogP contribution in [0.5, 0.6) is 0 Å². The van der Waals surface area contributed by atoms with Crippen LogP contribution in [-0.2, 0) is 6.54 Å². The van der Waals surface area contributed by atoms with Crippen molar-refractivity contribution in [2.75, 3.05) is 25.0 Å². The lowest BCUT2D eigenvalue weighted by Crippen LogP contribution is -2.52. The van der Waals surface area contributed by atoms with Crippen molar-refractivity contribution in [3.63, 3.8) is 0 Å². The van der Waals surface area contributed by atoms with Gasteiger partial charge in [0.2, 0.25) is 0 Å². The van der Waals surface area contributed by atoms with Crippen molar-refractivity contribution in [2.24, 2.45) is 0 Å². The average molecular weight is 245 g/mol. The summed E-state index contributed by atoms with van der Waals surface area (Å²) in [5.41, 5.74) is 2.30. The molecule has 4 heteroatoms. The van der Waals surface area contributed by atoms with Crippen LogP contribution in [0.4, 0.5) is 10.5 Å². The normalized spacial score (nSPS) is 21.1. The van der Waals surface area contributed by atoms with Gasteiger partial charge in [-0.1, -0.05) is 18.2 Å². The maximum Gasteiger partial charge on any atom is 0.324 e. The Labute approximate surface area is 108 Å². The Bertz CT molecular complexity index is 454. The molecule has 96 valence electrons. The fraction of sp³-hybridized carbons (Fsp3) is 0.500. The topological polar surface area (TPSA) is 35.6 Å². The molecule has 2 heterocycles. The smallest absolute Gasteiger partial charge is 0.317 e. The maximum atomic E-state index is 12.4. The summed E-state index contributed by atoms with van der Waals surface area (Å²) >= 11 is 0. The van der Waals surface area contributed by atoms with Gasteiger partial charge in [0, 0.05) is 19.6 Å². The molecule has 1 saturated heterocycles. The second-order valence-corrected chi connectivity index (χ2v) is 5.08. The molecule has 1 fully saturated rings. The highest BCUT2D eigenvalue weighted by Crippen LogP contribution is 2.29. The van der Waals surface area contributed by atoms with Crippen LogP contribution < -0.4 is 10.2 Å². The van der Waals surface area contributed by atoms with E-state index in [0.29, 0.717) is 6.04 Å². The van der Waals surface area contributed by atoms with E-state index in [-0.39, 0.29) is 6.03 Å². The molecule has 1 aromatic carbocycles. The number of fused-ring (bicyclic) bond motifs is 1. The minimum Gasteiger partial charge on any atom is -0.317 e. The third-order valence-electron chi connectivity index (χ3n) is 3.98. The number of piperidine rings is 1. The number of para-hydroxylation sites is 1. The minimum absolute atomic E-state index is 0.139. The van der Waals surface area contributed by atoms with Crippen LogP contribution in [0.1, 0.15) is 18.4 Å². The van der Waals surface area contributed by atoms with Gasteiger partial charge in [0.25, 0.3) is 0 Å². The number of amides is 2. The largest absolute Gasteiger partial charge is 0.324 e. The summed E-state index contributed by atoms with van der Waals surface area (Å²) in [4.78, 5) is 16.2. The quantitative estimate of drug-likeness (QED) is 0.819. The molecule has 3 rings (SSSR count). The van der Waals surface area contributed by atoms with Gasteiger partial charge in [-0.25, -0.2) is 4.79 Å². The minimum atomic E-state index is 0.139. The number of carbonyl (C=O) groups is 1. The van der Waals surface area contributed by atoms with Gasteiger partial charge in [-0.2, -0.15) is 0 Å². The molecule has 1 aromatic rings. The Balaban J connectivity index is 1.88. The number of nitrogens with one attached hydrogen (secondary N) is 1. The first kappa shape index (κ1) is 11.5. The molecule has 18 heavy (non-hydrogen) atoms. The molecule has 0 aromatic heterocycles. The summed E-state index contributed by atoms with van der Waals surface area (Å²) < 4.78 is 0. The summed E-state index contributed by atoms with van der Waals surface area (Å²) in [6.07, 6.45) is 2.11. The molecule has 4 nitrogen and oxygen atoms in total. The first-order chi connectivity index (χ1) is 8.77. The number of rotatable bonds is 1. The Morgan fingerprint density at radius 1 is 1.22 bits per heavy atom. The maximum absolute atomic E-state index is 12.4. The molecule has 0 aliphatic carbocycles. The number of urea groups is 1. The van der Waals surface area contributed by atoms with Gasteiger partial charge in [0.05, 0.1) is 5.69 Å². The van der Waals surface area contributed by atoms with Crippen LogP contribution in [0.3, 0.4) is 0 Å². The monoisotopic (exact) mass is 245 g/mol. The molecule has 0 radical (unpaired) electrons. The lowest BCUT2D eigenvalue weighted by Gasteiger charge is -2.41. The summed E-state index contributed by atoms with van der Waals surface area (Å²) in [5.74, 6) is 0. The van der Waals surface area contributed by atoms with Crippen LogP contribution in [-0.4, -0.2) is 37.1 Å². The summed E-state index contributed by atoms with van der Waals surface area (Å²) in [7, 11) is 1.87. The molecule has 0 saturated carbocycles. The number of hydrogen-bond acceptors (Lipinski definition) is 2. The van der Waals surface area contributed by atoms with E-state index in [4.69, 9.17) is 0 Å². The number of nitrogens with zero attached hydrogens (tertiary/aromatic N) is 2. The molecule has 2 aliphatic rings. The Hall–Kier alpha value is -1.55. The number of anilines is 1. The highest BCUT2D eigenvalue weighted by atomic mass is 16.2. The van der Waals surface area contributed by atoms with Gasteiger partial charge in [0.15, 0.2) is 0 Å². The fourth-order valence-corrected chi connectivity index (χ4v) is 2.92. The molecule has 2 amide bonds. The highest BCUT2D eigenvalue weighted by Gasteiger charge is 2.32. The van der Waals surface area contributed by atoms with Crippen molar-refractivity contribution >= 4 is 11.7 Å². The van der Waals surface area contributed by atoms with Crippen molar-refractivity contribution in [1.82, 2.24) is 10.2 Å². The summed E-state index contributed by atoms with van der Waals surface area (Å²) in [5, 5.41) is 3.35. The zero-order valence-electron chi connectivity index (χ0n) is 10.7. The van der Waals surface area contributed by atoms with Crippen molar-refractivity contribution in [3.05, 3.63) is 29.8 Å². The van der Waals surface area contributed by atoms with Crippen molar-refractivity contribution in [3.8, 4) is 0 Å². The predicted molar refractivity (Wildman–Crippen MR) is 71.7 cm³/mol. The molecule has 0 unspecified atom stereocenters. The number of hydrogen-bond donors (Lipinski definition) is 1. The van der Waals surface area contributed by atoms with E-state index in [1.54, 1.807) is 4.90 Å². The predicted octanol–water partition coefficient (Wildman–Crippen LogP) is 1.81. The van der Waals surface area contributed by atoms with Crippen LogP contribution in [0.15, 0.2) is 24.3 Å². The molecule has 2 aliphatic heterocycles.